The van der Waals surface area contributed by atoms with Gasteiger partial charge in [0.1, 0.15) is 11.6 Å². The molecule has 1 unspecified atom stereocenters. The minimum absolute atomic E-state index is 0.101. The van der Waals surface area contributed by atoms with Crippen molar-refractivity contribution in [2.24, 2.45) is 10.7 Å². The normalized spacial score (nSPS) is 12.8. The maximum Gasteiger partial charge on any atom is 0.190 e. The standard InChI is InChI=1S/C22H25FN4O/c1-15(21-14-18(26-28-21)11-12-25-22(24)27(2)3)17-9-10-19(20(23)13-17)16-7-5-4-6-8-16/h4-10,13-15H,11-12H2,1-3H3,(H2,24,25). The van der Waals surface area contributed by atoms with Crippen molar-refractivity contribution in [2.45, 2.75) is 19.3 Å². The molecule has 0 bridgehead atoms. The van der Waals surface area contributed by atoms with E-state index < -0.39 is 0 Å². The lowest BCUT2D eigenvalue weighted by molar-refractivity contribution is 0.370. The molecule has 1 heterocycles. The number of halogens is 1. The van der Waals surface area contributed by atoms with Crippen molar-refractivity contribution in [3.63, 3.8) is 0 Å². The number of aliphatic imine (C=N–C) groups is 1. The number of benzene rings is 2. The third-order valence-electron chi connectivity index (χ3n) is 4.68. The van der Waals surface area contributed by atoms with Gasteiger partial charge in [-0.25, -0.2) is 4.39 Å². The fourth-order valence-corrected chi connectivity index (χ4v) is 2.89. The maximum absolute atomic E-state index is 14.6. The molecule has 0 aliphatic heterocycles. The zero-order chi connectivity index (χ0) is 20.1. The summed E-state index contributed by atoms with van der Waals surface area (Å²) in [5, 5.41) is 4.10. The average Bonchev–Trinajstić information content (AvgIpc) is 3.16. The Labute approximate surface area is 164 Å². The summed E-state index contributed by atoms with van der Waals surface area (Å²) < 4.78 is 20.1. The van der Waals surface area contributed by atoms with Crippen LogP contribution < -0.4 is 5.73 Å². The van der Waals surface area contributed by atoms with E-state index in [4.69, 9.17) is 10.3 Å². The zero-order valence-corrected chi connectivity index (χ0v) is 16.4. The van der Waals surface area contributed by atoms with Gasteiger partial charge in [-0.2, -0.15) is 0 Å². The van der Waals surface area contributed by atoms with Crippen molar-refractivity contribution in [1.29, 1.82) is 0 Å². The van der Waals surface area contributed by atoms with Crippen LogP contribution >= 0.6 is 0 Å². The van der Waals surface area contributed by atoms with Gasteiger partial charge < -0.3 is 15.2 Å². The fourth-order valence-electron chi connectivity index (χ4n) is 2.89. The van der Waals surface area contributed by atoms with Crippen molar-refractivity contribution < 1.29 is 8.91 Å². The zero-order valence-electron chi connectivity index (χ0n) is 16.4. The molecule has 3 rings (SSSR count). The third-order valence-corrected chi connectivity index (χ3v) is 4.68. The fraction of sp³-hybridized carbons (Fsp3) is 0.273. The summed E-state index contributed by atoms with van der Waals surface area (Å²) in [7, 11) is 3.69. The van der Waals surface area contributed by atoms with E-state index in [2.05, 4.69) is 10.1 Å². The van der Waals surface area contributed by atoms with Crippen molar-refractivity contribution in [3.8, 4) is 11.1 Å². The van der Waals surface area contributed by atoms with E-state index in [9.17, 15) is 4.39 Å². The summed E-state index contributed by atoms with van der Waals surface area (Å²) in [5.74, 6) is 0.831. The summed E-state index contributed by atoms with van der Waals surface area (Å²) >= 11 is 0. The molecule has 6 heteroatoms. The number of hydrogen-bond acceptors (Lipinski definition) is 3. The molecule has 0 fully saturated rings. The summed E-state index contributed by atoms with van der Waals surface area (Å²) in [4.78, 5) is 6.02. The van der Waals surface area contributed by atoms with Crippen molar-refractivity contribution >= 4 is 5.96 Å². The van der Waals surface area contributed by atoms with Crippen molar-refractivity contribution in [1.82, 2.24) is 10.1 Å². The maximum atomic E-state index is 14.6. The molecule has 1 aromatic heterocycles. The number of hydrogen-bond donors (Lipinski definition) is 1. The first-order valence-electron chi connectivity index (χ1n) is 9.23. The van der Waals surface area contributed by atoms with Crippen LogP contribution in [0.5, 0.6) is 0 Å². The first-order valence-corrected chi connectivity index (χ1v) is 9.23. The van der Waals surface area contributed by atoms with Gasteiger partial charge in [-0.15, -0.1) is 0 Å². The number of nitrogens with zero attached hydrogens (tertiary/aromatic N) is 3. The largest absolute Gasteiger partial charge is 0.370 e. The summed E-state index contributed by atoms with van der Waals surface area (Å²) in [6, 6.07) is 16.7. The highest BCUT2D eigenvalue weighted by Crippen LogP contribution is 2.29. The first-order chi connectivity index (χ1) is 13.5. The molecule has 0 spiro atoms. The molecule has 0 aliphatic carbocycles. The predicted octanol–water partition coefficient (Wildman–Crippen LogP) is 4.05. The van der Waals surface area contributed by atoms with E-state index in [-0.39, 0.29) is 11.7 Å². The molecule has 0 saturated heterocycles. The Hall–Kier alpha value is -3.15. The number of nitrogens with two attached hydrogens (primary N) is 1. The summed E-state index contributed by atoms with van der Waals surface area (Å²) in [6.07, 6.45) is 0.631. The van der Waals surface area contributed by atoms with Crippen molar-refractivity contribution in [3.05, 3.63) is 77.4 Å². The molecular weight excluding hydrogens is 355 g/mol. The average molecular weight is 380 g/mol. The van der Waals surface area contributed by atoms with Crippen molar-refractivity contribution in [2.75, 3.05) is 20.6 Å². The molecule has 2 aromatic carbocycles. The molecule has 1 atom stereocenters. The Balaban J connectivity index is 1.71. The molecule has 2 N–H and O–H groups in total. The van der Waals surface area contributed by atoms with Crippen LogP contribution in [0, 0.1) is 5.82 Å². The number of guanidine groups is 1. The lowest BCUT2D eigenvalue weighted by Crippen LogP contribution is -2.30. The molecular formula is C22H25FN4O. The Morgan fingerprint density at radius 2 is 1.93 bits per heavy atom. The first kappa shape index (κ1) is 19.6. The van der Waals surface area contributed by atoms with E-state index >= 15 is 0 Å². The molecule has 0 amide bonds. The second kappa shape index (κ2) is 8.69. The Bertz CT molecular complexity index is 950. The van der Waals surface area contributed by atoms with E-state index in [0.29, 0.717) is 30.2 Å². The predicted molar refractivity (Wildman–Crippen MR) is 110 cm³/mol. The van der Waals surface area contributed by atoms with Gasteiger partial charge in [-0.1, -0.05) is 54.5 Å². The van der Waals surface area contributed by atoms with E-state index in [1.807, 2.05) is 69.6 Å². The lowest BCUT2D eigenvalue weighted by atomic mass is 9.95. The summed E-state index contributed by atoms with van der Waals surface area (Å²) in [5.41, 5.74) is 8.87. The highest BCUT2D eigenvalue weighted by atomic mass is 19.1. The van der Waals surface area contributed by atoms with Crippen LogP contribution in [0.4, 0.5) is 4.39 Å². The monoisotopic (exact) mass is 380 g/mol. The van der Waals surface area contributed by atoms with Crippen LogP contribution in [0.15, 0.2) is 64.1 Å². The number of aromatic nitrogens is 1. The Morgan fingerprint density at radius 1 is 1.18 bits per heavy atom. The van der Waals surface area contributed by atoms with E-state index in [1.165, 1.54) is 0 Å². The summed E-state index contributed by atoms with van der Waals surface area (Å²) in [6.45, 7) is 2.51. The highest BCUT2D eigenvalue weighted by molar-refractivity contribution is 5.77. The quantitative estimate of drug-likeness (QED) is 0.517. The van der Waals surface area contributed by atoms with Gasteiger partial charge in [0, 0.05) is 44.6 Å². The van der Waals surface area contributed by atoms with Gasteiger partial charge >= 0.3 is 0 Å². The second-order valence-electron chi connectivity index (χ2n) is 6.93. The Morgan fingerprint density at radius 3 is 2.61 bits per heavy atom. The second-order valence-corrected chi connectivity index (χ2v) is 6.93. The van der Waals surface area contributed by atoms with Gasteiger partial charge in [0.05, 0.1) is 5.69 Å². The van der Waals surface area contributed by atoms with Gasteiger partial charge in [0.25, 0.3) is 0 Å². The molecule has 0 radical (unpaired) electrons. The minimum Gasteiger partial charge on any atom is -0.370 e. The van der Waals surface area contributed by atoms with Crippen LogP contribution in [-0.4, -0.2) is 36.7 Å². The smallest absolute Gasteiger partial charge is 0.190 e. The highest BCUT2D eigenvalue weighted by Gasteiger charge is 2.16. The molecule has 3 aromatic rings. The van der Waals surface area contributed by atoms with Crippen LogP contribution in [0.2, 0.25) is 0 Å². The van der Waals surface area contributed by atoms with Crippen LogP contribution in [-0.2, 0) is 6.42 Å². The molecule has 0 saturated carbocycles. The van der Waals surface area contributed by atoms with Crippen LogP contribution in [0.25, 0.3) is 11.1 Å². The molecule has 5 nitrogen and oxygen atoms in total. The van der Waals surface area contributed by atoms with Gasteiger partial charge in [-0.05, 0) is 17.2 Å². The van der Waals surface area contributed by atoms with Gasteiger partial charge in [0.2, 0.25) is 0 Å². The minimum atomic E-state index is -0.246. The molecule has 28 heavy (non-hydrogen) atoms. The molecule has 0 aliphatic rings. The van der Waals surface area contributed by atoms with E-state index in [1.54, 1.807) is 11.0 Å². The van der Waals surface area contributed by atoms with Gasteiger partial charge in [0.15, 0.2) is 5.96 Å². The number of rotatable bonds is 6. The topological polar surface area (TPSA) is 67.7 Å². The lowest BCUT2D eigenvalue weighted by Gasteiger charge is -2.11. The SMILES string of the molecule is CC(c1ccc(-c2ccccc2)c(F)c1)c1cc(CCN=C(N)N(C)C)no1. The third kappa shape index (κ3) is 4.57. The van der Waals surface area contributed by atoms with Gasteiger partial charge in [-0.3, -0.25) is 4.99 Å². The molecule has 146 valence electrons. The van der Waals surface area contributed by atoms with Crippen LogP contribution in [0.3, 0.4) is 0 Å². The van der Waals surface area contributed by atoms with E-state index in [0.717, 1.165) is 16.8 Å². The Kier molecular flexibility index (Phi) is 6.09. The van der Waals surface area contributed by atoms with Crippen LogP contribution in [0.1, 0.15) is 29.9 Å².